The molecule has 4 rings (SSSR count). The van der Waals surface area contributed by atoms with Crippen LogP contribution in [0.5, 0.6) is 0 Å². The second-order valence-corrected chi connectivity index (χ2v) is 13.2. The Labute approximate surface area is 166 Å². The third kappa shape index (κ3) is 2.78. The van der Waals surface area contributed by atoms with Crippen LogP contribution >= 0.6 is 23.5 Å². The number of aliphatic hydroxyl groups is 1. The highest BCUT2D eigenvalue weighted by Crippen LogP contribution is 2.66. The van der Waals surface area contributed by atoms with Gasteiger partial charge in [0.05, 0.1) is 25.8 Å². The van der Waals surface area contributed by atoms with Gasteiger partial charge in [0.2, 0.25) is 0 Å². The van der Waals surface area contributed by atoms with E-state index in [0.29, 0.717) is 0 Å². The van der Waals surface area contributed by atoms with Crippen molar-refractivity contribution in [2.75, 3.05) is 24.3 Å². The van der Waals surface area contributed by atoms with Gasteiger partial charge in [0.1, 0.15) is 0 Å². The molecule has 1 aromatic rings. The van der Waals surface area contributed by atoms with Gasteiger partial charge in [-0.3, -0.25) is 0 Å². The molecule has 0 radical (unpaired) electrons. The third-order valence-electron chi connectivity index (χ3n) is 6.62. The van der Waals surface area contributed by atoms with Crippen molar-refractivity contribution < 1.29 is 9.32 Å². The highest BCUT2D eigenvalue weighted by atomic mass is 32.2. The molecule has 2 unspecified atom stereocenters. The lowest BCUT2D eigenvalue weighted by atomic mass is 9.65. The summed E-state index contributed by atoms with van der Waals surface area (Å²) in [5.74, 6) is 2.58. The van der Waals surface area contributed by atoms with Crippen molar-refractivity contribution in [3.8, 4) is 0 Å². The molecule has 26 heavy (non-hydrogen) atoms. The van der Waals surface area contributed by atoms with Crippen molar-refractivity contribution in [1.82, 2.24) is 0 Å². The molecule has 1 aromatic carbocycles. The average molecular weight is 412 g/mol. The Balaban J connectivity index is 1.77. The summed E-state index contributed by atoms with van der Waals surface area (Å²) in [6.45, 7) is 0. The smallest absolute Gasteiger partial charge is 0.0934 e. The van der Waals surface area contributed by atoms with Crippen molar-refractivity contribution in [2.24, 2.45) is 4.36 Å². The van der Waals surface area contributed by atoms with E-state index in [2.05, 4.69) is 16.1 Å². The first-order chi connectivity index (χ1) is 12.5. The maximum absolute atomic E-state index is 13.8. The lowest BCUT2D eigenvalue weighted by molar-refractivity contribution is -0.0260. The Kier molecular flexibility index (Phi) is 5.17. The summed E-state index contributed by atoms with van der Waals surface area (Å²) in [6.07, 6.45) is 7.63. The van der Waals surface area contributed by atoms with Crippen LogP contribution in [-0.2, 0) is 9.73 Å². The Morgan fingerprint density at radius 3 is 2.35 bits per heavy atom. The first kappa shape index (κ1) is 19.2. The minimum absolute atomic E-state index is 0.159. The van der Waals surface area contributed by atoms with E-state index in [-0.39, 0.29) is 15.2 Å². The van der Waals surface area contributed by atoms with Crippen LogP contribution in [0.4, 0.5) is 0 Å². The molecular formula is C20H29NO2S3. The van der Waals surface area contributed by atoms with Gasteiger partial charge in [-0.1, -0.05) is 18.2 Å². The van der Waals surface area contributed by atoms with E-state index < -0.39 is 15.3 Å². The van der Waals surface area contributed by atoms with E-state index in [4.69, 9.17) is 0 Å². The lowest BCUT2D eigenvalue weighted by Crippen LogP contribution is -2.67. The summed E-state index contributed by atoms with van der Waals surface area (Å²) in [7, 11) is -0.972. The Morgan fingerprint density at radius 2 is 1.73 bits per heavy atom. The van der Waals surface area contributed by atoms with Crippen LogP contribution in [-0.4, -0.2) is 48.7 Å². The van der Waals surface area contributed by atoms with E-state index in [9.17, 15) is 9.32 Å². The molecule has 0 bridgehead atoms. The van der Waals surface area contributed by atoms with Gasteiger partial charge >= 0.3 is 0 Å². The van der Waals surface area contributed by atoms with Gasteiger partial charge in [0.15, 0.2) is 0 Å². The molecule has 0 aromatic heterocycles. The molecule has 3 fully saturated rings. The highest BCUT2D eigenvalue weighted by Gasteiger charge is 2.67. The lowest BCUT2D eigenvalue weighted by Gasteiger charge is -2.58. The van der Waals surface area contributed by atoms with Crippen LogP contribution in [0.3, 0.4) is 0 Å². The van der Waals surface area contributed by atoms with Gasteiger partial charge in [-0.15, -0.1) is 0 Å². The predicted octanol–water partition coefficient (Wildman–Crippen LogP) is 4.59. The zero-order valence-electron chi connectivity index (χ0n) is 15.5. The van der Waals surface area contributed by atoms with Crippen LogP contribution < -0.4 is 0 Å². The summed E-state index contributed by atoms with van der Waals surface area (Å²) in [6, 6.07) is 9.57. The van der Waals surface area contributed by atoms with Gasteiger partial charge < -0.3 is 5.11 Å². The van der Waals surface area contributed by atoms with E-state index >= 15 is 0 Å². The van der Waals surface area contributed by atoms with Crippen molar-refractivity contribution in [3.05, 3.63) is 30.3 Å². The number of benzene rings is 1. The van der Waals surface area contributed by atoms with Crippen LogP contribution in [0.15, 0.2) is 39.6 Å². The van der Waals surface area contributed by atoms with Crippen molar-refractivity contribution in [2.45, 2.75) is 64.9 Å². The normalized spacial score (nSPS) is 39.3. The van der Waals surface area contributed by atoms with E-state index in [1.54, 1.807) is 7.05 Å². The number of hydrogen-bond donors (Lipinski definition) is 1. The summed E-state index contributed by atoms with van der Waals surface area (Å²) in [4.78, 5) is 0.757. The minimum atomic E-state index is -2.62. The molecule has 2 saturated heterocycles. The summed E-state index contributed by atoms with van der Waals surface area (Å²) in [5.41, 5.74) is -0.907. The maximum atomic E-state index is 13.8. The summed E-state index contributed by atoms with van der Waals surface area (Å²) >= 11 is 4.07. The average Bonchev–Trinajstić information content (AvgIpc) is 3.32. The molecule has 2 aliphatic heterocycles. The quantitative estimate of drug-likeness (QED) is 0.790. The SMILES string of the molecule is CN=S(=O)(CC1(O)CCC[C@]2(CCCS2)[C@@]12CCCS2)c1ccccc1. The number of nitrogens with zero attached hydrogens (tertiary/aromatic N) is 1. The van der Waals surface area contributed by atoms with Gasteiger partial charge in [0.25, 0.3) is 0 Å². The zero-order valence-corrected chi connectivity index (χ0v) is 17.9. The second kappa shape index (κ2) is 7.02. The molecular weight excluding hydrogens is 382 g/mol. The fourth-order valence-electron chi connectivity index (χ4n) is 5.47. The first-order valence-corrected chi connectivity index (χ1v) is 13.3. The fourth-order valence-corrected chi connectivity index (χ4v) is 11.7. The third-order valence-corrected chi connectivity index (χ3v) is 13.0. The van der Waals surface area contributed by atoms with E-state index in [1.807, 2.05) is 42.1 Å². The molecule has 1 aliphatic carbocycles. The van der Waals surface area contributed by atoms with E-state index in [1.165, 1.54) is 25.0 Å². The highest BCUT2D eigenvalue weighted by molar-refractivity contribution is 8.05. The van der Waals surface area contributed by atoms with Crippen molar-refractivity contribution in [1.29, 1.82) is 0 Å². The number of hydrogen-bond acceptors (Lipinski definition) is 5. The standard InChI is InChI=1S/C20H29NO2S3/c1-21-26(23,17-8-3-2-4-9-17)16-18(22)10-5-11-19(12-6-14-24-19)20(18)13-7-15-25-20/h2-4,8-9,22H,5-7,10-16H2,1H3/t18?,19-,20+,26?/m0/s1. The topological polar surface area (TPSA) is 49.7 Å². The summed E-state index contributed by atoms with van der Waals surface area (Å²) < 4.78 is 18.2. The molecule has 6 heteroatoms. The fraction of sp³-hybridized carbons (Fsp3) is 0.700. The minimum Gasteiger partial charge on any atom is -0.387 e. The van der Waals surface area contributed by atoms with Crippen LogP contribution in [0.25, 0.3) is 0 Å². The first-order valence-electron chi connectivity index (χ1n) is 9.68. The monoisotopic (exact) mass is 411 g/mol. The number of rotatable bonds is 3. The van der Waals surface area contributed by atoms with Gasteiger partial charge in [0, 0.05) is 16.7 Å². The Morgan fingerprint density at radius 1 is 1.04 bits per heavy atom. The van der Waals surface area contributed by atoms with Crippen LogP contribution in [0, 0.1) is 0 Å². The van der Waals surface area contributed by atoms with Crippen molar-refractivity contribution >= 4 is 33.3 Å². The van der Waals surface area contributed by atoms with Gasteiger partial charge in [-0.05, 0) is 68.6 Å². The number of fused-ring (bicyclic) bond motifs is 1. The maximum Gasteiger partial charge on any atom is 0.0934 e. The van der Waals surface area contributed by atoms with Gasteiger partial charge in [-0.25, -0.2) is 8.57 Å². The van der Waals surface area contributed by atoms with Gasteiger partial charge in [-0.2, -0.15) is 23.5 Å². The molecule has 4 atom stereocenters. The molecule has 1 N–H and O–H groups in total. The van der Waals surface area contributed by atoms with Crippen LogP contribution in [0.2, 0.25) is 0 Å². The molecule has 144 valence electrons. The zero-order chi connectivity index (χ0) is 18.3. The molecule has 3 aliphatic rings. The largest absolute Gasteiger partial charge is 0.387 e. The van der Waals surface area contributed by atoms with E-state index in [0.717, 1.165) is 36.3 Å². The molecule has 2 spiro atoms. The van der Waals surface area contributed by atoms with Crippen molar-refractivity contribution in [3.63, 3.8) is 0 Å². The number of thioether (sulfide) groups is 2. The van der Waals surface area contributed by atoms with Crippen LogP contribution in [0.1, 0.15) is 44.9 Å². The molecule has 3 nitrogen and oxygen atoms in total. The summed E-state index contributed by atoms with van der Waals surface area (Å²) in [5, 5.41) is 12.1. The second-order valence-electron chi connectivity index (χ2n) is 7.89. The molecule has 2 heterocycles. The Bertz CT molecular complexity index is 761. The molecule has 0 amide bonds. The molecule has 1 saturated carbocycles. The Hall–Kier alpha value is -0.170. The predicted molar refractivity (Wildman–Crippen MR) is 114 cm³/mol.